The zero-order chi connectivity index (χ0) is 25.4. The van der Waals surface area contributed by atoms with E-state index in [2.05, 4.69) is 24.1 Å². The van der Waals surface area contributed by atoms with Gasteiger partial charge < -0.3 is 20.2 Å². The summed E-state index contributed by atoms with van der Waals surface area (Å²) in [5.41, 5.74) is -1.56. The third-order valence-electron chi connectivity index (χ3n) is 6.89. The molecule has 0 radical (unpaired) electrons. The van der Waals surface area contributed by atoms with Gasteiger partial charge in [-0.3, -0.25) is 4.79 Å². The zero-order valence-electron chi connectivity index (χ0n) is 20.0. The number of amides is 1. The van der Waals surface area contributed by atoms with Crippen molar-refractivity contribution in [1.82, 2.24) is 9.80 Å². The van der Waals surface area contributed by atoms with Crippen molar-refractivity contribution in [2.24, 2.45) is 5.41 Å². The first kappa shape index (κ1) is 26.2. The van der Waals surface area contributed by atoms with Gasteiger partial charge in [0.1, 0.15) is 5.82 Å². The molecule has 1 amide bonds. The van der Waals surface area contributed by atoms with Gasteiger partial charge in [-0.05, 0) is 97.1 Å². The van der Waals surface area contributed by atoms with E-state index >= 15 is 0 Å². The van der Waals surface area contributed by atoms with Crippen molar-refractivity contribution in [3.05, 3.63) is 56.9 Å². The number of hydrogen-bond acceptors (Lipinski definition) is 4. The van der Waals surface area contributed by atoms with Crippen molar-refractivity contribution in [3.63, 3.8) is 0 Å². The van der Waals surface area contributed by atoms with Gasteiger partial charge in [-0.15, -0.1) is 0 Å². The Morgan fingerprint density at radius 2 is 1.80 bits per heavy atom. The average Bonchev–Trinajstić information content (AvgIpc) is 3.27. The molecule has 5 nitrogen and oxygen atoms in total. The van der Waals surface area contributed by atoms with Crippen LogP contribution in [0.3, 0.4) is 0 Å². The third-order valence-corrected chi connectivity index (χ3v) is 7.56. The van der Waals surface area contributed by atoms with Crippen LogP contribution in [0.5, 0.6) is 0 Å². The minimum Gasteiger partial charge on any atom is -0.386 e. The van der Waals surface area contributed by atoms with E-state index in [9.17, 15) is 23.1 Å². The number of anilines is 2. The van der Waals surface area contributed by atoms with Crippen LogP contribution in [0.4, 0.5) is 24.5 Å². The van der Waals surface area contributed by atoms with Crippen molar-refractivity contribution in [2.75, 3.05) is 38.0 Å². The van der Waals surface area contributed by atoms with Crippen molar-refractivity contribution in [3.8, 4) is 0 Å². The molecule has 2 aliphatic heterocycles. The molecule has 2 aliphatic rings. The molecule has 2 aromatic rings. The normalized spacial score (nSPS) is 18.0. The lowest BCUT2D eigenvalue weighted by Gasteiger charge is -2.48. The van der Waals surface area contributed by atoms with Gasteiger partial charge in [-0.25, -0.2) is 13.2 Å². The lowest BCUT2D eigenvalue weighted by molar-refractivity contribution is -0.0916. The summed E-state index contributed by atoms with van der Waals surface area (Å²) < 4.78 is 43.7. The minimum atomic E-state index is -1.26. The van der Waals surface area contributed by atoms with Crippen LogP contribution in [0.25, 0.3) is 0 Å². The summed E-state index contributed by atoms with van der Waals surface area (Å²) in [5.74, 6) is -3.59. The van der Waals surface area contributed by atoms with Gasteiger partial charge >= 0.3 is 0 Å². The molecule has 0 atom stereocenters. The van der Waals surface area contributed by atoms with Crippen LogP contribution < -0.4 is 5.32 Å². The van der Waals surface area contributed by atoms with Crippen LogP contribution in [0.1, 0.15) is 49.9 Å². The van der Waals surface area contributed by atoms with Gasteiger partial charge in [0.05, 0.1) is 35.6 Å². The summed E-state index contributed by atoms with van der Waals surface area (Å²) in [6.45, 7) is 7.83. The summed E-state index contributed by atoms with van der Waals surface area (Å²) in [5, 5.41) is 13.5. The second-order valence-corrected chi connectivity index (χ2v) is 11.8. The Morgan fingerprint density at radius 1 is 1.11 bits per heavy atom. The van der Waals surface area contributed by atoms with E-state index in [1.807, 2.05) is 22.6 Å². The molecule has 2 aromatic carbocycles. The summed E-state index contributed by atoms with van der Waals surface area (Å²) in [6.07, 6.45) is 3.82. The number of aliphatic hydroxyl groups is 1. The molecule has 2 N–H and O–H groups in total. The average molecular weight is 601 g/mol. The Balaban J connectivity index is 1.42. The minimum absolute atomic E-state index is 0.0409. The number of halogens is 4. The Labute approximate surface area is 217 Å². The van der Waals surface area contributed by atoms with E-state index in [4.69, 9.17) is 0 Å². The molecule has 0 spiro atoms. The molecule has 0 aliphatic carbocycles. The fourth-order valence-corrected chi connectivity index (χ4v) is 5.36. The summed E-state index contributed by atoms with van der Waals surface area (Å²) in [4.78, 5) is 17.0. The van der Waals surface area contributed by atoms with E-state index in [0.29, 0.717) is 9.99 Å². The van der Waals surface area contributed by atoms with Gasteiger partial charge in [0.15, 0.2) is 11.6 Å². The van der Waals surface area contributed by atoms with E-state index in [0.717, 1.165) is 32.1 Å². The van der Waals surface area contributed by atoms with Crippen LogP contribution in [0.15, 0.2) is 30.3 Å². The van der Waals surface area contributed by atoms with Crippen molar-refractivity contribution in [1.29, 1.82) is 0 Å². The van der Waals surface area contributed by atoms with Crippen LogP contribution >= 0.6 is 22.6 Å². The number of carbonyl (C=O) groups excluding carboxylic acids is 1. The topological polar surface area (TPSA) is 55.8 Å². The Kier molecular flexibility index (Phi) is 7.68. The first-order valence-corrected chi connectivity index (χ1v) is 13.0. The molecule has 0 unspecified atom stereocenters. The summed E-state index contributed by atoms with van der Waals surface area (Å²) >= 11 is 1.94. The van der Waals surface area contributed by atoms with E-state index < -0.39 is 34.6 Å². The maximum absolute atomic E-state index is 14.7. The van der Waals surface area contributed by atoms with Crippen LogP contribution in [-0.4, -0.2) is 59.1 Å². The van der Waals surface area contributed by atoms with Crippen LogP contribution in [-0.2, 0) is 0 Å². The fourth-order valence-electron chi connectivity index (χ4n) is 4.91. The molecular weight excluding hydrogens is 570 g/mol. The van der Waals surface area contributed by atoms with Gasteiger partial charge in [0, 0.05) is 10.1 Å². The van der Waals surface area contributed by atoms with Gasteiger partial charge in [0.2, 0.25) is 0 Å². The lowest BCUT2D eigenvalue weighted by Crippen LogP contribution is -2.63. The maximum Gasteiger partial charge on any atom is 0.256 e. The Bertz CT molecular complexity index is 1100. The molecule has 190 valence electrons. The number of carbonyl (C=O) groups is 1. The first-order valence-electron chi connectivity index (χ1n) is 11.9. The fraction of sp³-hybridized carbons (Fsp3) is 0.500. The molecule has 2 fully saturated rings. The molecule has 0 saturated carbocycles. The van der Waals surface area contributed by atoms with Crippen LogP contribution in [0.2, 0.25) is 0 Å². The van der Waals surface area contributed by atoms with E-state index in [-0.39, 0.29) is 29.8 Å². The molecule has 0 bridgehead atoms. The summed E-state index contributed by atoms with van der Waals surface area (Å²) in [6, 6.07) is 6.34. The van der Waals surface area contributed by atoms with Gasteiger partial charge in [-0.2, -0.15) is 0 Å². The third kappa shape index (κ3) is 6.11. The standard InChI is InChI=1S/C26H31F3IN3O2/c1-25(2,14-32-11-3-4-12-32)9-10-26(35)15-33(16-26)24(34)18-6-7-19(27)22(29)23(18)31-21-8-5-17(30)13-20(21)28/h5-8,13,31,35H,3-4,9-12,14-16H2,1-2H3. The number of rotatable bonds is 8. The van der Waals surface area contributed by atoms with Crippen molar-refractivity contribution in [2.45, 2.75) is 45.1 Å². The quantitative estimate of drug-likeness (QED) is 0.391. The van der Waals surface area contributed by atoms with Crippen molar-refractivity contribution >= 4 is 39.9 Å². The van der Waals surface area contributed by atoms with E-state index in [1.165, 1.54) is 35.9 Å². The largest absolute Gasteiger partial charge is 0.386 e. The molecule has 0 aromatic heterocycles. The zero-order valence-corrected chi connectivity index (χ0v) is 22.2. The number of hydrogen-bond donors (Lipinski definition) is 2. The molecular formula is C26H31F3IN3O2. The molecule has 35 heavy (non-hydrogen) atoms. The monoisotopic (exact) mass is 601 g/mol. The van der Waals surface area contributed by atoms with Crippen molar-refractivity contribution < 1.29 is 23.1 Å². The Morgan fingerprint density at radius 3 is 2.46 bits per heavy atom. The van der Waals surface area contributed by atoms with Crippen LogP contribution in [0, 0.1) is 26.4 Å². The number of benzene rings is 2. The summed E-state index contributed by atoms with van der Waals surface area (Å²) in [7, 11) is 0. The predicted molar refractivity (Wildman–Crippen MR) is 138 cm³/mol. The maximum atomic E-state index is 14.7. The highest BCUT2D eigenvalue weighted by Gasteiger charge is 2.45. The predicted octanol–water partition coefficient (Wildman–Crippen LogP) is 5.54. The SMILES string of the molecule is CC(C)(CCC1(O)CN(C(=O)c2ccc(F)c(F)c2Nc2ccc(I)cc2F)C1)CN1CCCC1. The molecule has 2 heterocycles. The first-order chi connectivity index (χ1) is 16.5. The smallest absolute Gasteiger partial charge is 0.256 e. The highest BCUT2D eigenvalue weighted by atomic mass is 127. The molecule has 2 saturated heterocycles. The number of nitrogens with one attached hydrogen (secondary N) is 1. The number of nitrogens with zero attached hydrogens (tertiary/aromatic N) is 2. The number of likely N-dealkylation sites (tertiary alicyclic amines) is 2. The van der Waals surface area contributed by atoms with E-state index in [1.54, 1.807) is 6.07 Å². The molecule has 9 heteroatoms. The highest BCUT2D eigenvalue weighted by molar-refractivity contribution is 14.1. The highest BCUT2D eigenvalue weighted by Crippen LogP contribution is 2.36. The Hall–Kier alpha value is -1.85. The second-order valence-electron chi connectivity index (χ2n) is 10.6. The van der Waals surface area contributed by atoms with Gasteiger partial charge in [0.25, 0.3) is 5.91 Å². The second kappa shape index (κ2) is 10.3. The lowest BCUT2D eigenvalue weighted by atomic mass is 9.79. The number of β-amino-alcohol motifs (C(OH)–C–C–N with tert-alkyl or cyclic N) is 1. The van der Waals surface area contributed by atoms with Gasteiger partial charge in [-0.1, -0.05) is 13.8 Å². The molecule has 4 rings (SSSR count).